The van der Waals surface area contributed by atoms with Gasteiger partial charge in [0, 0.05) is 24.5 Å². The molecular weight excluding hydrogens is 282 g/mol. The molecule has 122 valence electrons. The van der Waals surface area contributed by atoms with Crippen LogP contribution in [0.25, 0.3) is 0 Å². The van der Waals surface area contributed by atoms with E-state index in [0.717, 1.165) is 44.0 Å². The molecule has 0 bridgehead atoms. The number of esters is 1. The van der Waals surface area contributed by atoms with E-state index in [4.69, 9.17) is 14.2 Å². The van der Waals surface area contributed by atoms with Gasteiger partial charge < -0.3 is 19.1 Å². The van der Waals surface area contributed by atoms with Crippen LogP contribution < -0.4 is 14.4 Å². The summed E-state index contributed by atoms with van der Waals surface area (Å²) < 4.78 is 15.8. The van der Waals surface area contributed by atoms with Crippen LogP contribution >= 0.6 is 0 Å². The molecule has 0 aliphatic carbocycles. The van der Waals surface area contributed by atoms with Gasteiger partial charge >= 0.3 is 5.97 Å². The van der Waals surface area contributed by atoms with Crippen molar-refractivity contribution in [2.24, 2.45) is 5.92 Å². The smallest absolute Gasteiger partial charge is 0.309 e. The third kappa shape index (κ3) is 4.13. The third-order valence-electron chi connectivity index (χ3n) is 4.25. The highest BCUT2D eigenvalue weighted by Gasteiger charge is 2.28. The van der Waals surface area contributed by atoms with Gasteiger partial charge in [-0.25, -0.2) is 0 Å². The number of hydrogen-bond donors (Lipinski definition) is 1. The maximum Gasteiger partial charge on any atom is 0.309 e. The second-order valence-electron chi connectivity index (χ2n) is 5.63. The first kappa shape index (κ1) is 16.6. The summed E-state index contributed by atoms with van der Waals surface area (Å²) in [6.45, 7) is 5.20. The molecule has 5 nitrogen and oxygen atoms in total. The lowest BCUT2D eigenvalue weighted by Crippen LogP contribution is -3.11. The van der Waals surface area contributed by atoms with E-state index in [1.165, 1.54) is 10.5 Å². The van der Waals surface area contributed by atoms with Crippen LogP contribution in [0, 0.1) is 5.92 Å². The summed E-state index contributed by atoms with van der Waals surface area (Å²) in [6, 6.07) is 5.94. The van der Waals surface area contributed by atoms with E-state index in [1.807, 2.05) is 19.1 Å². The number of carbonyl (C=O) groups excluding carboxylic acids is 1. The van der Waals surface area contributed by atoms with Crippen molar-refractivity contribution in [3.63, 3.8) is 0 Å². The predicted octanol–water partition coefficient (Wildman–Crippen LogP) is 1.06. The minimum absolute atomic E-state index is 0.0384. The summed E-state index contributed by atoms with van der Waals surface area (Å²) in [5.74, 6) is 1.70. The van der Waals surface area contributed by atoms with Crippen molar-refractivity contribution < 1.29 is 23.9 Å². The van der Waals surface area contributed by atoms with E-state index < -0.39 is 0 Å². The van der Waals surface area contributed by atoms with Crippen molar-refractivity contribution in [2.75, 3.05) is 33.9 Å². The number of nitrogens with one attached hydrogen (secondary N) is 1. The number of benzene rings is 1. The standard InChI is InChI=1S/C17H25NO4/c1-4-22-17(19)13-7-9-18(10-8-13)12-14-5-6-15(20-2)11-16(14)21-3/h5-6,11,13H,4,7-10,12H2,1-3H3/p+1. The number of piperidine rings is 1. The van der Waals surface area contributed by atoms with Crippen LogP contribution in [0.3, 0.4) is 0 Å². The van der Waals surface area contributed by atoms with Gasteiger partial charge in [0.1, 0.15) is 18.0 Å². The third-order valence-corrected chi connectivity index (χ3v) is 4.25. The van der Waals surface area contributed by atoms with E-state index in [-0.39, 0.29) is 11.9 Å². The lowest BCUT2D eigenvalue weighted by molar-refractivity contribution is -0.919. The average Bonchev–Trinajstić information content (AvgIpc) is 2.56. The second-order valence-corrected chi connectivity index (χ2v) is 5.63. The Kier molecular flexibility index (Phi) is 6.07. The minimum Gasteiger partial charge on any atom is -0.497 e. The van der Waals surface area contributed by atoms with Gasteiger partial charge in [-0.2, -0.15) is 0 Å². The molecule has 2 rings (SSSR count). The molecule has 0 saturated carbocycles. The molecule has 1 fully saturated rings. The van der Waals surface area contributed by atoms with Crippen LogP contribution in [-0.2, 0) is 16.1 Å². The monoisotopic (exact) mass is 308 g/mol. The van der Waals surface area contributed by atoms with Crippen molar-refractivity contribution in [1.82, 2.24) is 0 Å². The number of quaternary nitrogens is 1. The number of ether oxygens (including phenoxy) is 3. The molecule has 1 heterocycles. The molecule has 0 amide bonds. The van der Waals surface area contributed by atoms with E-state index in [9.17, 15) is 4.79 Å². The van der Waals surface area contributed by atoms with Crippen molar-refractivity contribution >= 4 is 5.97 Å². The fraction of sp³-hybridized carbons (Fsp3) is 0.588. The van der Waals surface area contributed by atoms with Crippen molar-refractivity contribution in [3.05, 3.63) is 23.8 Å². The van der Waals surface area contributed by atoms with E-state index in [0.29, 0.717) is 6.61 Å². The zero-order valence-corrected chi connectivity index (χ0v) is 13.7. The van der Waals surface area contributed by atoms with Gasteiger partial charge in [-0.1, -0.05) is 0 Å². The van der Waals surface area contributed by atoms with Gasteiger partial charge in [-0.15, -0.1) is 0 Å². The van der Waals surface area contributed by atoms with Crippen LogP contribution in [-0.4, -0.2) is 39.9 Å². The van der Waals surface area contributed by atoms with Crippen molar-refractivity contribution in [1.29, 1.82) is 0 Å². The highest BCUT2D eigenvalue weighted by molar-refractivity contribution is 5.72. The van der Waals surface area contributed by atoms with Gasteiger partial charge in [0.2, 0.25) is 0 Å². The van der Waals surface area contributed by atoms with Gasteiger partial charge in [-0.3, -0.25) is 4.79 Å². The van der Waals surface area contributed by atoms with Crippen LogP contribution in [0.15, 0.2) is 18.2 Å². The molecule has 1 aromatic carbocycles. The highest BCUT2D eigenvalue weighted by atomic mass is 16.5. The van der Waals surface area contributed by atoms with E-state index >= 15 is 0 Å². The summed E-state index contributed by atoms with van der Waals surface area (Å²) in [5, 5.41) is 0. The Labute approximate surface area is 132 Å². The Morgan fingerprint density at radius 1 is 1.23 bits per heavy atom. The van der Waals surface area contributed by atoms with Gasteiger partial charge in [0.15, 0.2) is 0 Å². The lowest BCUT2D eigenvalue weighted by atomic mass is 9.96. The summed E-state index contributed by atoms with van der Waals surface area (Å²) in [4.78, 5) is 13.2. The lowest BCUT2D eigenvalue weighted by Gasteiger charge is -2.28. The SMILES string of the molecule is CCOC(=O)C1CC[NH+](Cc2ccc(OC)cc2OC)CC1. The first-order valence-corrected chi connectivity index (χ1v) is 7.89. The van der Waals surface area contributed by atoms with Gasteiger partial charge in [0.05, 0.1) is 39.8 Å². The molecule has 0 aromatic heterocycles. The van der Waals surface area contributed by atoms with Crippen molar-refractivity contribution in [2.45, 2.75) is 26.3 Å². The number of rotatable bonds is 6. The first-order valence-electron chi connectivity index (χ1n) is 7.89. The van der Waals surface area contributed by atoms with Crippen LogP contribution in [0.2, 0.25) is 0 Å². The molecular formula is C17H26NO4+. The van der Waals surface area contributed by atoms with E-state index in [2.05, 4.69) is 6.07 Å². The molecule has 1 aromatic rings. The molecule has 0 atom stereocenters. The minimum atomic E-state index is -0.0384. The van der Waals surface area contributed by atoms with Crippen molar-refractivity contribution in [3.8, 4) is 11.5 Å². The molecule has 1 saturated heterocycles. The number of likely N-dealkylation sites (tertiary alicyclic amines) is 1. The normalized spacial score (nSPS) is 21.2. The molecule has 1 aliphatic rings. The molecule has 1 aliphatic heterocycles. The predicted molar refractivity (Wildman–Crippen MR) is 83.3 cm³/mol. The Balaban J connectivity index is 1.92. The summed E-state index contributed by atoms with van der Waals surface area (Å²) in [7, 11) is 3.33. The maximum absolute atomic E-state index is 11.8. The first-order chi connectivity index (χ1) is 10.7. The Hall–Kier alpha value is -1.75. The highest BCUT2D eigenvalue weighted by Crippen LogP contribution is 2.24. The number of hydrogen-bond acceptors (Lipinski definition) is 4. The Morgan fingerprint density at radius 2 is 1.95 bits per heavy atom. The van der Waals surface area contributed by atoms with Crippen LogP contribution in [0.5, 0.6) is 11.5 Å². The fourth-order valence-corrected chi connectivity index (χ4v) is 2.97. The largest absolute Gasteiger partial charge is 0.497 e. The quantitative estimate of drug-likeness (QED) is 0.799. The zero-order chi connectivity index (χ0) is 15.9. The second kappa shape index (κ2) is 8.03. The van der Waals surface area contributed by atoms with Gasteiger partial charge in [-0.05, 0) is 19.1 Å². The molecule has 0 unspecified atom stereocenters. The topological polar surface area (TPSA) is 49.2 Å². The zero-order valence-electron chi connectivity index (χ0n) is 13.7. The van der Waals surface area contributed by atoms with E-state index in [1.54, 1.807) is 14.2 Å². The fourth-order valence-electron chi connectivity index (χ4n) is 2.97. The summed E-state index contributed by atoms with van der Waals surface area (Å²) >= 11 is 0. The van der Waals surface area contributed by atoms with Crippen LogP contribution in [0.4, 0.5) is 0 Å². The maximum atomic E-state index is 11.8. The average molecular weight is 308 g/mol. The molecule has 22 heavy (non-hydrogen) atoms. The summed E-state index contributed by atoms with van der Waals surface area (Å²) in [5.41, 5.74) is 1.17. The van der Waals surface area contributed by atoms with Gasteiger partial charge in [0.25, 0.3) is 0 Å². The number of methoxy groups -OCH3 is 2. The molecule has 1 N–H and O–H groups in total. The van der Waals surface area contributed by atoms with Crippen LogP contribution in [0.1, 0.15) is 25.3 Å². The summed E-state index contributed by atoms with van der Waals surface area (Å²) in [6.07, 6.45) is 1.79. The Bertz CT molecular complexity index is 495. The molecule has 5 heteroatoms. The Morgan fingerprint density at radius 3 is 2.55 bits per heavy atom. The number of carbonyl (C=O) groups is 1. The molecule has 0 spiro atoms. The molecule has 0 radical (unpaired) electrons.